The first-order valence-electron chi connectivity index (χ1n) is 14.1. The zero-order valence-corrected chi connectivity index (χ0v) is 25.3. The Hall–Kier alpha value is -2.17. The molecular weight excluding hydrogens is 472 g/mol. The summed E-state index contributed by atoms with van der Waals surface area (Å²) in [5, 5.41) is 2.65. The third-order valence-electron chi connectivity index (χ3n) is 7.42. The molecule has 37 heavy (non-hydrogen) atoms. The first-order valence-corrected chi connectivity index (χ1v) is 16.0. The summed E-state index contributed by atoms with van der Waals surface area (Å²) in [4.78, 5) is 12.8. The molecule has 2 aromatic rings. The van der Waals surface area contributed by atoms with Crippen LogP contribution in [0.1, 0.15) is 87.5 Å². The van der Waals surface area contributed by atoms with Crippen LogP contribution >= 0.6 is 0 Å². The highest BCUT2D eigenvalue weighted by atomic mass is 28.4. The number of hydrogen-bond donors (Lipinski definition) is 0. The number of benzene rings is 2. The summed E-state index contributed by atoms with van der Waals surface area (Å²) in [6.45, 7) is 17.0. The van der Waals surface area contributed by atoms with Crippen molar-refractivity contribution >= 4 is 24.7 Å². The highest BCUT2D eigenvalue weighted by molar-refractivity contribution is 6.99. The maximum atomic E-state index is 12.8. The van der Waals surface area contributed by atoms with E-state index in [-0.39, 0.29) is 23.0 Å². The van der Waals surface area contributed by atoms with Crippen LogP contribution in [0.4, 0.5) is 0 Å². The lowest BCUT2D eigenvalue weighted by Gasteiger charge is -2.46. The summed E-state index contributed by atoms with van der Waals surface area (Å²) in [5.41, 5.74) is 0.315. The second-order valence-electron chi connectivity index (χ2n) is 13.0. The van der Waals surface area contributed by atoms with E-state index in [1.165, 1.54) is 16.8 Å². The van der Waals surface area contributed by atoms with Crippen LogP contribution in [-0.2, 0) is 14.0 Å². The number of ether oxygens (including phenoxy) is 1. The van der Waals surface area contributed by atoms with Crippen molar-refractivity contribution in [2.45, 2.75) is 104 Å². The average Bonchev–Trinajstić information content (AvgIpc) is 2.82. The fourth-order valence-electron chi connectivity index (χ4n) is 5.69. The molecule has 2 atom stereocenters. The summed E-state index contributed by atoms with van der Waals surface area (Å²) in [7, 11) is -2.56. The molecule has 202 valence electrons. The molecule has 0 radical (unpaired) electrons. The Balaban J connectivity index is 1.87. The number of carbonyl (C=O) groups is 1. The predicted octanol–water partition coefficient (Wildman–Crippen LogP) is 7.44. The van der Waals surface area contributed by atoms with Crippen LogP contribution in [-0.4, -0.2) is 26.0 Å². The van der Waals surface area contributed by atoms with Crippen LogP contribution in [0.5, 0.6) is 0 Å². The Bertz CT molecular complexity index is 989. The molecule has 1 aliphatic rings. The van der Waals surface area contributed by atoms with Crippen molar-refractivity contribution in [3.05, 3.63) is 72.3 Å². The van der Waals surface area contributed by atoms with E-state index in [1.54, 1.807) is 0 Å². The Labute approximate surface area is 226 Å². The van der Waals surface area contributed by atoms with Crippen molar-refractivity contribution in [3.8, 4) is 0 Å². The van der Waals surface area contributed by atoms with Gasteiger partial charge in [0.05, 0.1) is 0 Å². The van der Waals surface area contributed by atoms with E-state index in [9.17, 15) is 4.79 Å². The molecule has 0 N–H and O–H groups in total. The van der Waals surface area contributed by atoms with Crippen molar-refractivity contribution in [2.24, 2.45) is 11.8 Å². The summed E-state index contributed by atoms with van der Waals surface area (Å²) in [6.07, 6.45) is 7.71. The monoisotopic (exact) mass is 520 g/mol. The van der Waals surface area contributed by atoms with Gasteiger partial charge in [-0.25, -0.2) is 4.79 Å². The number of esters is 1. The van der Waals surface area contributed by atoms with E-state index in [0.717, 1.165) is 31.3 Å². The van der Waals surface area contributed by atoms with Crippen LogP contribution in [0.2, 0.25) is 5.04 Å². The molecule has 0 bridgehead atoms. The smallest absolute Gasteiger partial charge is 0.334 e. The zero-order valence-electron chi connectivity index (χ0n) is 24.3. The fourth-order valence-corrected chi connectivity index (χ4v) is 10.4. The molecule has 4 heteroatoms. The second kappa shape index (κ2) is 12.1. The van der Waals surface area contributed by atoms with Crippen LogP contribution in [0.15, 0.2) is 72.3 Å². The van der Waals surface area contributed by atoms with Crippen LogP contribution in [0.3, 0.4) is 0 Å². The first kappa shape index (κ1) is 29.4. The molecule has 0 spiro atoms. The van der Waals surface area contributed by atoms with Crippen LogP contribution in [0.25, 0.3) is 0 Å². The molecule has 0 saturated heterocycles. The van der Waals surface area contributed by atoms with Gasteiger partial charge < -0.3 is 9.16 Å². The minimum absolute atomic E-state index is 0.0237. The van der Waals surface area contributed by atoms with Crippen molar-refractivity contribution in [3.63, 3.8) is 0 Å². The molecule has 1 aliphatic carbocycles. The highest BCUT2D eigenvalue weighted by Crippen LogP contribution is 2.40. The number of carbonyl (C=O) groups excluding carboxylic acids is 1. The third kappa shape index (κ3) is 7.45. The Morgan fingerprint density at radius 2 is 1.46 bits per heavy atom. The molecule has 2 unspecified atom stereocenters. The lowest BCUT2D eigenvalue weighted by atomic mass is 9.84. The van der Waals surface area contributed by atoms with Crippen LogP contribution < -0.4 is 10.4 Å². The molecule has 0 aromatic heterocycles. The molecule has 2 aromatic carbocycles. The maximum absolute atomic E-state index is 12.8. The van der Waals surface area contributed by atoms with Crippen molar-refractivity contribution in [1.29, 1.82) is 0 Å². The van der Waals surface area contributed by atoms with Gasteiger partial charge in [0.2, 0.25) is 0 Å². The van der Waals surface area contributed by atoms with Gasteiger partial charge in [0.25, 0.3) is 8.32 Å². The van der Waals surface area contributed by atoms with Crippen molar-refractivity contribution in [1.82, 2.24) is 0 Å². The summed E-state index contributed by atoms with van der Waals surface area (Å²) < 4.78 is 13.1. The minimum atomic E-state index is -2.56. The van der Waals surface area contributed by atoms with Crippen molar-refractivity contribution in [2.75, 3.05) is 0 Å². The van der Waals surface area contributed by atoms with Gasteiger partial charge >= 0.3 is 5.97 Å². The first-order chi connectivity index (χ1) is 17.3. The molecule has 1 saturated carbocycles. The Kier molecular flexibility index (Phi) is 9.63. The van der Waals surface area contributed by atoms with Crippen LogP contribution in [0, 0.1) is 11.8 Å². The van der Waals surface area contributed by atoms with Crippen molar-refractivity contribution < 1.29 is 14.0 Å². The highest BCUT2D eigenvalue weighted by Gasteiger charge is 2.51. The third-order valence-corrected chi connectivity index (χ3v) is 12.5. The molecule has 3 nitrogen and oxygen atoms in total. The minimum Gasteiger partial charge on any atom is -0.457 e. The van der Waals surface area contributed by atoms with Gasteiger partial charge in [-0.1, -0.05) is 108 Å². The van der Waals surface area contributed by atoms with E-state index < -0.39 is 13.9 Å². The summed E-state index contributed by atoms with van der Waals surface area (Å²) in [6, 6.07) is 21.8. The zero-order chi connectivity index (χ0) is 27.3. The van der Waals surface area contributed by atoms with E-state index in [2.05, 4.69) is 101 Å². The average molecular weight is 521 g/mol. The lowest BCUT2D eigenvalue weighted by Crippen LogP contribution is -2.67. The van der Waals surface area contributed by atoms with Gasteiger partial charge in [0.15, 0.2) is 0 Å². The van der Waals surface area contributed by atoms with Gasteiger partial charge in [-0.15, -0.1) is 0 Å². The largest absolute Gasteiger partial charge is 0.457 e. The van der Waals surface area contributed by atoms with E-state index in [1.807, 2.05) is 20.8 Å². The SMILES string of the molecule is CC(C)/C(=C\CC1CCCC(O[Si](c2ccccc2)(c2ccccc2)C(C)(C)C)C1)C(=O)OC(C)(C)C. The number of allylic oxidation sites excluding steroid dienone is 1. The predicted molar refractivity (Wildman–Crippen MR) is 158 cm³/mol. The van der Waals surface area contributed by atoms with E-state index in [0.29, 0.717) is 5.92 Å². The summed E-state index contributed by atoms with van der Waals surface area (Å²) >= 11 is 0. The molecular formula is C33H48O3Si. The fraction of sp³-hybridized carbons (Fsp3) is 0.545. The standard InChI is InChI=1S/C33H48O3Si/c1-25(2)30(31(34)35-32(3,4)5)23-22-26-16-15-17-27(24-26)36-37(33(6,7)8,28-18-11-9-12-19-28)29-20-13-10-14-21-29/h9-14,18-21,23,25-27H,15-17,22,24H2,1-8H3/b30-23+. The molecule has 0 amide bonds. The topological polar surface area (TPSA) is 35.5 Å². The van der Waals surface area contributed by atoms with E-state index >= 15 is 0 Å². The quantitative estimate of drug-likeness (QED) is 0.206. The molecule has 0 aliphatic heterocycles. The second-order valence-corrected chi connectivity index (χ2v) is 17.2. The Morgan fingerprint density at radius 1 is 0.919 bits per heavy atom. The molecule has 0 heterocycles. The maximum Gasteiger partial charge on any atom is 0.334 e. The lowest BCUT2D eigenvalue weighted by molar-refractivity contribution is -0.150. The van der Waals surface area contributed by atoms with Gasteiger partial charge in [-0.3, -0.25) is 0 Å². The molecule has 3 rings (SSSR count). The number of rotatable bonds is 8. The van der Waals surface area contributed by atoms with Gasteiger partial charge in [0, 0.05) is 11.7 Å². The summed E-state index contributed by atoms with van der Waals surface area (Å²) in [5.74, 6) is 0.467. The molecule has 1 fully saturated rings. The normalized spacial score (nSPS) is 19.6. The number of hydrogen-bond acceptors (Lipinski definition) is 3. The van der Waals surface area contributed by atoms with Gasteiger partial charge in [-0.2, -0.15) is 0 Å². The van der Waals surface area contributed by atoms with E-state index in [4.69, 9.17) is 9.16 Å². The van der Waals surface area contributed by atoms with Gasteiger partial charge in [0.1, 0.15) is 5.60 Å². The van der Waals surface area contributed by atoms with Gasteiger partial charge in [-0.05, 0) is 73.7 Å². The Morgan fingerprint density at radius 3 is 1.92 bits per heavy atom.